The molecule has 0 unspecified atom stereocenters. The summed E-state index contributed by atoms with van der Waals surface area (Å²) in [4.78, 5) is 13.7. The van der Waals surface area contributed by atoms with E-state index in [1.54, 1.807) is 17.0 Å². The molecule has 1 aromatic carbocycles. The zero-order chi connectivity index (χ0) is 14.3. The average molecular weight is 331 g/mol. The van der Waals surface area contributed by atoms with Crippen LogP contribution in [0, 0.1) is 5.82 Å². The topological polar surface area (TPSA) is 32.3 Å². The summed E-state index contributed by atoms with van der Waals surface area (Å²) < 4.78 is 14.5. The molecule has 0 aliphatic rings. The van der Waals surface area contributed by atoms with Crippen LogP contribution in [0.1, 0.15) is 25.3 Å². The minimum absolute atomic E-state index is 0.0668. The van der Waals surface area contributed by atoms with Gasteiger partial charge in [-0.25, -0.2) is 4.39 Å². The zero-order valence-corrected chi connectivity index (χ0v) is 13.0. The number of carbonyl (C=O) groups excluding carboxylic acids is 1. The van der Waals surface area contributed by atoms with Crippen molar-refractivity contribution in [1.29, 1.82) is 0 Å². The number of halogens is 2. The van der Waals surface area contributed by atoms with Crippen LogP contribution in [0.5, 0.6) is 0 Å². The van der Waals surface area contributed by atoms with Crippen LogP contribution >= 0.6 is 15.9 Å². The molecule has 5 heteroatoms. The molecule has 0 fully saturated rings. The van der Waals surface area contributed by atoms with Crippen molar-refractivity contribution in [2.75, 3.05) is 20.1 Å². The number of hydrogen-bond donors (Lipinski definition) is 1. The van der Waals surface area contributed by atoms with E-state index in [1.165, 1.54) is 6.07 Å². The highest BCUT2D eigenvalue weighted by molar-refractivity contribution is 9.10. The first-order valence-electron chi connectivity index (χ1n) is 6.44. The second-order valence-electron chi connectivity index (χ2n) is 4.35. The third-order valence-electron chi connectivity index (χ3n) is 2.92. The molecular formula is C14H20BrFN2O. The molecule has 19 heavy (non-hydrogen) atoms. The summed E-state index contributed by atoms with van der Waals surface area (Å²) in [5, 5.41) is 3.01. The Balaban J connectivity index is 2.65. The Kier molecular flexibility index (Phi) is 7.02. The van der Waals surface area contributed by atoms with Gasteiger partial charge in [0, 0.05) is 29.5 Å². The van der Waals surface area contributed by atoms with Crippen molar-refractivity contribution in [3.05, 3.63) is 34.1 Å². The zero-order valence-electron chi connectivity index (χ0n) is 11.4. The number of nitrogens with one attached hydrogen (secondary N) is 1. The lowest BCUT2D eigenvalue weighted by molar-refractivity contribution is -0.131. The lowest BCUT2D eigenvalue weighted by Gasteiger charge is -2.21. The van der Waals surface area contributed by atoms with Gasteiger partial charge in [-0.2, -0.15) is 0 Å². The van der Waals surface area contributed by atoms with E-state index in [-0.39, 0.29) is 11.7 Å². The molecule has 0 bridgehead atoms. The summed E-state index contributed by atoms with van der Waals surface area (Å²) in [7, 11) is 1.86. The fourth-order valence-electron chi connectivity index (χ4n) is 1.82. The van der Waals surface area contributed by atoms with Gasteiger partial charge in [0.05, 0.1) is 0 Å². The van der Waals surface area contributed by atoms with E-state index in [0.717, 1.165) is 17.4 Å². The van der Waals surface area contributed by atoms with Crippen molar-refractivity contribution in [3.8, 4) is 0 Å². The summed E-state index contributed by atoms with van der Waals surface area (Å²) in [5.41, 5.74) is 0.540. The molecule has 3 nitrogen and oxygen atoms in total. The molecule has 0 aliphatic heterocycles. The maximum absolute atomic E-state index is 13.7. The Morgan fingerprint density at radius 1 is 1.47 bits per heavy atom. The molecular weight excluding hydrogens is 311 g/mol. The summed E-state index contributed by atoms with van der Waals surface area (Å²) >= 11 is 3.32. The maximum Gasteiger partial charge on any atom is 0.222 e. The minimum Gasteiger partial charge on any atom is -0.339 e. The van der Waals surface area contributed by atoms with Gasteiger partial charge < -0.3 is 10.2 Å². The first-order chi connectivity index (χ1) is 9.08. The standard InChI is InChI=1S/C14H20BrFN2O/c1-3-18(14(19)5-4-8-17-2)10-11-9-12(15)6-7-13(11)16/h6-7,9,17H,3-5,8,10H2,1-2H3. The largest absolute Gasteiger partial charge is 0.339 e. The van der Waals surface area contributed by atoms with E-state index in [4.69, 9.17) is 0 Å². The molecule has 0 aromatic heterocycles. The highest BCUT2D eigenvalue weighted by Crippen LogP contribution is 2.17. The van der Waals surface area contributed by atoms with Gasteiger partial charge in [0.1, 0.15) is 5.82 Å². The second-order valence-corrected chi connectivity index (χ2v) is 5.27. The van der Waals surface area contributed by atoms with Crippen molar-refractivity contribution in [2.24, 2.45) is 0 Å². The fourth-order valence-corrected chi connectivity index (χ4v) is 2.23. The van der Waals surface area contributed by atoms with Crippen LogP contribution in [0.2, 0.25) is 0 Å². The quantitative estimate of drug-likeness (QED) is 0.779. The first kappa shape index (κ1) is 16.1. The van der Waals surface area contributed by atoms with Crippen LogP contribution in [0.15, 0.2) is 22.7 Å². The predicted octanol–water partition coefficient (Wildman–Crippen LogP) is 2.94. The monoisotopic (exact) mass is 330 g/mol. The molecule has 0 aliphatic carbocycles. The second kappa shape index (κ2) is 8.27. The number of nitrogens with zero attached hydrogens (tertiary/aromatic N) is 1. The van der Waals surface area contributed by atoms with Crippen LogP contribution in [0.4, 0.5) is 4.39 Å². The van der Waals surface area contributed by atoms with E-state index in [0.29, 0.717) is 25.1 Å². The molecule has 0 spiro atoms. The molecule has 106 valence electrons. The van der Waals surface area contributed by atoms with Crippen molar-refractivity contribution in [3.63, 3.8) is 0 Å². The van der Waals surface area contributed by atoms with E-state index >= 15 is 0 Å². The van der Waals surface area contributed by atoms with Gasteiger partial charge in [-0.05, 0) is 45.1 Å². The Hall–Kier alpha value is -0.940. The molecule has 0 heterocycles. The Bertz CT molecular complexity index is 426. The number of hydrogen-bond acceptors (Lipinski definition) is 2. The number of benzene rings is 1. The molecule has 1 aromatic rings. The van der Waals surface area contributed by atoms with Crippen molar-refractivity contribution >= 4 is 21.8 Å². The van der Waals surface area contributed by atoms with Crippen LogP contribution in [-0.2, 0) is 11.3 Å². The van der Waals surface area contributed by atoms with Gasteiger partial charge in [0.25, 0.3) is 0 Å². The minimum atomic E-state index is -0.273. The SMILES string of the molecule is CCN(Cc1cc(Br)ccc1F)C(=O)CCCNC. The van der Waals surface area contributed by atoms with E-state index in [2.05, 4.69) is 21.2 Å². The predicted molar refractivity (Wildman–Crippen MR) is 78.4 cm³/mol. The molecule has 1 amide bonds. The summed E-state index contributed by atoms with van der Waals surface area (Å²) in [6.07, 6.45) is 1.29. The number of amides is 1. The normalized spacial score (nSPS) is 10.5. The van der Waals surface area contributed by atoms with E-state index < -0.39 is 0 Å². The van der Waals surface area contributed by atoms with Gasteiger partial charge in [0.15, 0.2) is 0 Å². The molecule has 0 radical (unpaired) electrons. The van der Waals surface area contributed by atoms with Crippen molar-refractivity contribution < 1.29 is 9.18 Å². The van der Waals surface area contributed by atoms with Gasteiger partial charge in [0.2, 0.25) is 5.91 Å². The Morgan fingerprint density at radius 3 is 2.84 bits per heavy atom. The average Bonchev–Trinajstić information content (AvgIpc) is 2.39. The lowest BCUT2D eigenvalue weighted by atomic mass is 10.2. The van der Waals surface area contributed by atoms with Crippen LogP contribution < -0.4 is 5.32 Å². The summed E-state index contributed by atoms with van der Waals surface area (Å²) in [6.45, 7) is 3.63. The van der Waals surface area contributed by atoms with Gasteiger partial charge in [-0.3, -0.25) is 4.79 Å². The van der Waals surface area contributed by atoms with E-state index in [1.807, 2.05) is 14.0 Å². The van der Waals surface area contributed by atoms with Crippen LogP contribution in [0.25, 0.3) is 0 Å². The molecule has 0 atom stereocenters. The highest BCUT2D eigenvalue weighted by Gasteiger charge is 2.14. The van der Waals surface area contributed by atoms with Gasteiger partial charge in [-0.15, -0.1) is 0 Å². The fraction of sp³-hybridized carbons (Fsp3) is 0.500. The third kappa shape index (κ3) is 5.28. The highest BCUT2D eigenvalue weighted by atomic mass is 79.9. The van der Waals surface area contributed by atoms with Gasteiger partial charge >= 0.3 is 0 Å². The molecule has 1 N–H and O–H groups in total. The maximum atomic E-state index is 13.7. The molecule has 0 saturated heterocycles. The van der Waals surface area contributed by atoms with Crippen LogP contribution in [0.3, 0.4) is 0 Å². The summed E-state index contributed by atoms with van der Waals surface area (Å²) in [6, 6.07) is 4.79. The Labute approximate surface area is 122 Å². The van der Waals surface area contributed by atoms with E-state index in [9.17, 15) is 9.18 Å². The molecule has 1 rings (SSSR count). The van der Waals surface area contributed by atoms with Crippen molar-refractivity contribution in [2.45, 2.75) is 26.3 Å². The lowest BCUT2D eigenvalue weighted by Crippen LogP contribution is -2.31. The number of rotatable bonds is 7. The first-order valence-corrected chi connectivity index (χ1v) is 7.24. The summed E-state index contributed by atoms with van der Waals surface area (Å²) in [5.74, 6) is -0.207. The van der Waals surface area contributed by atoms with Crippen LogP contribution in [-0.4, -0.2) is 30.9 Å². The van der Waals surface area contributed by atoms with Crippen molar-refractivity contribution in [1.82, 2.24) is 10.2 Å². The Morgan fingerprint density at radius 2 is 2.21 bits per heavy atom. The smallest absolute Gasteiger partial charge is 0.222 e. The molecule has 0 saturated carbocycles. The number of carbonyl (C=O) groups is 1. The third-order valence-corrected chi connectivity index (χ3v) is 3.41. The van der Waals surface area contributed by atoms with Gasteiger partial charge in [-0.1, -0.05) is 15.9 Å².